The number of hydrogen-bond acceptors (Lipinski definition) is 3. The van der Waals surface area contributed by atoms with Crippen molar-refractivity contribution in [3.05, 3.63) is 52.4 Å². The Kier molecular flexibility index (Phi) is 9.39. The predicted octanol–water partition coefficient (Wildman–Crippen LogP) is 7.50. The van der Waals surface area contributed by atoms with Crippen LogP contribution in [-0.4, -0.2) is 41.4 Å². The zero-order chi connectivity index (χ0) is 26.6. The number of pyridine rings is 1. The summed E-state index contributed by atoms with van der Waals surface area (Å²) in [5.74, 6) is -1.01. The van der Waals surface area contributed by atoms with Crippen LogP contribution in [0, 0.1) is 5.82 Å². The SMILES string of the molecule is CCC[CH2][Sn]([CH2]CCC)([CH2]CCC)[c]1ccc2c(=O)c3cc(F)ccc3n(CC3COC(C)(C)O3)c2c1. The number of benzene rings is 2. The molecule has 0 aliphatic carbocycles. The van der Waals surface area contributed by atoms with Crippen LogP contribution in [0.4, 0.5) is 4.39 Å². The minimum atomic E-state index is -2.72. The number of rotatable bonds is 12. The van der Waals surface area contributed by atoms with E-state index in [1.165, 1.54) is 67.5 Å². The molecule has 202 valence electrons. The van der Waals surface area contributed by atoms with E-state index in [1.807, 2.05) is 19.9 Å². The summed E-state index contributed by atoms with van der Waals surface area (Å²) in [5, 5.41) is 1.10. The van der Waals surface area contributed by atoms with Crippen LogP contribution in [0.3, 0.4) is 0 Å². The molecule has 0 N–H and O–H groups in total. The van der Waals surface area contributed by atoms with Crippen LogP contribution in [0.25, 0.3) is 21.8 Å². The maximum atomic E-state index is 14.2. The van der Waals surface area contributed by atoms with E-state index in [9.17, 15) is 9.18 Å². The number of halogens is 1. The first-order valence-corrected chi connectivity index (χ1v) is 21.8. The Morgan fingerprint density at radius 2 is 1.57 bits per heavy atom. The van der Waals surface area contributed by atoms with Crippen LogP contribution in [0.5, 0.6) is 0 Å². The number of ether oxygens (including phenoxy) is 2. The number of nitrogens with zero attached hydrogens (tertiary/aromatic N) is 1. The van der Waals surface area contributed by atoms with Crippen LogP contribution in [0.1, 0.15) is 73.1 Å². The molecule has 1 aliphatic rings. The summed E-state index contributed by atoms with van der Waals surface area (Å²) in [6, 6.07) is 11.3. The van der Waals surface area contributed by atoms with E-state index in [2.05, 4.69) is 37.5 Å². The van der Waals surface area contributed by atoms with Crippen molar-refractivity contribution in [3.63, 3.8) is 0 Å². The summed E-state index contributed by atoms with van der Waals surface area (Å²) in [6.07, 6.45) is 7.39. The van der Waals surface area contributed by atoms with E-state index in [-0.39, 0.29) is 17.3 Å². The molecular formula is C31H44FNO3Sn. The normalized spacial score (nSPS) is 17.7. The van der Waals surface area contributed by atoms with Crippen LogP contribution >= 0.6 is 0 Å². The van der Waals surface area contributed by atoms with Crippen molar-refractivity contribution in [3.8, 4) is 0 Å². The molecule has 1 atom stereocenters. The second kappa shape index (κ2) is 12.2. The van der Waals surface area contributed by atoms with E-state index < -0.39 is 24.2 Å². The van der Waals surface area contributed by atoms with Gasteiger partial charge >= 0.3 is 226 Å². The van der Waals surface area contributed by atoms with Gasteiger partial charge in [0.1, 0.15) is 0 Å². The molecule has 1 aromatic heterocycles. The molecule has 0 amide bonds. The monoisotopic (exact) mass is 617 g/mol. The molecule has 2 aromatic carbocycles. The van der Waals surface area contributed by atoms with E-state index in [0.717, 1.165) is 11.0 Å². The van der Waals surface area contributed by atoms with Gasteiger partial charge in [0.25, 0.3) is 0 Å². The molecular weight excluding hydrogens is 572 g/mol. The van der Waals surface area contributed by atoms with Gasteiger partial charge in [-0.05, 0) is 0 Å². The third kappa shape index (κ3) is 6.25. The van der Waals surface area contributed by atoms with Crippen LogP contribution in [0.2, 0.25) is 13.3 Å². The maximum absolute atomic E-state index is 14.2. The Balaban J connectivity index is 1.93. The zero-order valence-corrected chi connectivity index (χ0v) is 26.2. The first kappa shape index (κ1) is 28.6. The molecule has 0 bridgehead atoms. The second-order valence-electron chi connectivity index (χ2n) is 11.4. The van der Waals surface area contributed by atoms with Crippen molar-refractivity contribution < 1.29 is 13.9 Å². The first-order chi connectivity index (χ1) is 17.7. The Morgan fingerprint density at radius 1 is 0.919 bits per heavy atom. The van der Waals surface area contributed by atoms with Crippen molar-refractivity contribution in [2.75, 3.05) is 6.61 Å². The molecule has 1 saturated heterocycles. The number of hydrogen-bond donors (Lipinski definition) is 0. The van der Waals surface area contributed by atoms with Gasteiger partial charge in [-0.15, -0.1) is 0 Å². The third-order valence-corrected chi connectivity index (χ3v) is 23.7. The number of fused-ring (bicyclic) bond motifs is 2. The van der Waals surface area contributed by atoms with E-state index in [0.29, 0.717) is 23.9 Å². The Labute approximate surface area is 225 Å². The summed E-state index contributed by atoms with van der Waals surface area (Å²) in [6.45, 7) is 11.8. The minimum absolute atomic E-state index is 0.0901. The molecule has 4 rings (SSSR count). The number of aromatic nitrogens is 1. The molecule has 1 aliphatic heterocycles. The molecule has 0 radical (unpaired) electrons. The van der Waals surface area contributed by atoms with Crippen molar-refractivity contribution in [1.29, 1.82) is 0 Å². The quantitative estimate of drug-likeness (QED) is 0.156. The zero-order valence-electron chi connectivity index (χ0n) is 23.4. The second-order valence-corrected chi connectivity index (χ2v) is 24.6. The average molecular weight is 616 g/mol. The van der Waals surface area contributed by atoms with Gasteiger partial charge in [0.2, 0.25) is 0 Å². The van der Waals surface area contributed by atoms with Crippen molar-refractivity contribution >= 4 is 43.8 Å². The van der Waals surface area contributed by atoms with Gasteiger partial charge in [-0.3, -0.25) is 0 Å². The van der Waals surface area contributed by atoms with Gasteiger partial charge in [0, 0.05) is 0 Å². The Morgan fingerprint density at radius 3 is 2.14 bits per heavy atom. The van der Waals surface area contributed by atoms with Gasteiger partial charge in [0.05, 0.1) is 0 Å². The molecule has 37 heavy (non-hydrogen) atoms. The van der Waals surface area contributed by atoms with E-state index in [1.54, 1.807) is 6.07 Å². The van der Waals surface area contributed by atoms with Gasteiger partial charge in [-0.25, -0.2) is 0 Å². The molecule has 2 heterocycles. The van der Waals surface area contributed by atoms with Crippen molar-refractivity contribution in [2.24, 2.45) is 0 Å². The summed E-state index contributed by atoms with van der Waals surface area (Å²) in [7, 11) is 0. The van der Waals surface area contributed by atoms with Gasteiger partial charge in [-0.1, -0.05) is 0 Å². The summed E-state index contributed by atoms with van der Waals surface area (Å²) in [4.78, 5) is 13.6. The van der Waals surface area contributed by atoms with Crippen molar-refractivity contribution in [2.45, 2.75) is 105 Å². The molecule has 0 spiro atoms. The summed E-state index contributed by atoms with van der Waals surface area (Å²) in [5.41, 5.74) is 1.63. The predicted molar refractivity (Wildman–Crippen MR) is 155 cm³/mol. The molecule has 3 aromatic rings. The molecule has 6 heteroatoms. The fourth-order valence-corrected chi connectivity index (χ4v) is 22.0. The molecule has 1 unspecified atom stereocenters. The Bertz CT molecular complexity index is 1260. The fourth-order valence-electron chi connectivity index (χ4n) is 6.08. The first-order valence-electron chi connectivity index (χ1n) is 14.3. The third-order valence-electron chi connectivity index (χ3n) is 8.12. The molecule has 0 saturated carbocycles. The number of unbranched alkanes of at least 4 members (excludes halogenated alkanes) is 3. The van der Waals surface area contributed by atoms with Crippen LogP contribution in [-0.2, 0) is 16.0 Å². The standard InChI is InChI=1S/C19H17FNO3.3C4H9.Sn/c1-19(2)23-11-13(24-19)10-21-16-6-4-3-5-14(16)18(22)15-9-12(20)7-8-17(15)21;3*1-3-4-2;/h3,5-9,13H,10-11H2,1-2H3;3*1,3-4H2,2H3;. The topological polar surface area (TPSA) is 40.5 Å². The summed E-state index contributed by atoms with van der Waals surface area (Å²) >= 11 is -2.72. The fraction of sp³-hybridized carbons (Fsp3) is 0.581. The summed E-state index contributed by atoms with van der Waals surface area (Å²) < 4.78 is 34.1. The average Bonchev–Trinajstić information content (AvgIpc) is 3.24. The van der Waals surface area contributed by atoms with E-state index >= 15 is 0 Å². The van der Waals surface area contributed by atoms with Crippen LogP contribution in [0.15, 0.2) is 41.2 Å². The molecule has 4 nitrogen and oxygen atoms in total. The van der Waals surface area contributed by atoms with Gasteiger partial charge < -0.3 is 0 Å². The van der Waals surface area contributed by atoms with Gasteiger partial charge in [-0.2, -0.15) is 0 Å². The van der Waals surface area contributed by atoms with E-state index in [4.69, 9.17) is 9.47 Å². The van der Waals surface area contributed by atoms with Crippen LogP contribution < -0.4 is 9.01 Å². The Hall–Kier alpha value is -1.44. The molecule has 1 fully saturated rings. The van der Waals surface area contributed by atoms with Gasteiger partial charge in [0.15, 0.2) is 0 Å². The van der Waals surface area contributed by atoms with Crippen molar-refractivity contribution in [1.82, 2.24) is 4.57 Å².